The summed E-state index contributed by atoms with van der Waals surface area (Å²) in [5.74, 6) is -0.574. The molecule has 0 radical (unpaired) electrons. The molecule has 2 heterocycles. The lowest BCUT2D eigenvalue weighted by Gasteiger charge is -2.30. The number of urea groups is 1. The normalized spacial score (nSPS) is 21.5. The lowest BCUT2D eigenvalue weighted by Crippen LogP contribution is -2.46. The number of carbonyl (C=O) groups is 3. The maximum absolute atomic E-state index is 13.2. The first-order chi connectivity index (χ1) is 13.5. The van der Waals surface area contributed by atoms with Gasteiger partial charge in [-0.05, 0) is 29.5 Å². The second-order valence-electron chi connectivity index (χ2n) is 7.28. The minimum atomic E-state index is -1.10. The highest BCUT2D eigenvalue weighted by Crippen LogP contribution is 2.32. The standard InChI is InChI=1S/C22H23N3O3/c1-2-22(18-10-4-3-5-11-18)20(27)25(21(28)23-22)15-19(26)24-13-12-16-8-6-7-9-17(16)14-24/h3-11H,2,12-15H2,1H3,(H,23,28). The summed E-state index contributed by atoms with van der Waals surface area (Å²) in [6.07, 6.45) is 1.20. The molecule has 1 saturated heterocycles. The molecule has 1 unspecified atom stereocenters. The number of nitrogens with zero attached hydrogens (tertiary/aromatic N) is 2. The summed E-state index contributed by atoms with van der Waals surface area (Å²) in [6.45, 7) is 2.73. The fourth-order valence-corrected chi connectivity index (χ4v) is 4.08. The zero-order chi connectivity index (χ0) is 19.7. The van der Waals surface area contributed by atoms with Crippen LogP contribution in [-0.2, 0) is 28.1 Å². The van der Waals surface area contributed by atoms with Gasteiger partial charge in [-0.25, -0.2) is 4.79 Å². The third-order valence-corrected chi connectivity index (χ3v) is 5.75. The first kappa shape index (κ1) is 18.2. The van der Waals surface area contributed by atoms with Gasteiger partial charge in [0.15, 0.2) is 0 Å². The van der Waals surface area contributed by atoms with Crippen LogP contribution in [0.15, 0.2) is 54.6 Å². The zero-order valence-corrected chi connectivity index (χ0v) is 15.9. The maximum atomic E-state index is 13.2. The van der Waals surface area contributed by atoms with Crippen molar-refractivity contribution in [2.75, 3.05) is 13.1 Å². The Morgan fingerprint density at radius 3 is 2.43 bits per heavy atom. The summed E-state index contributed by atoms with van der Waals surface area (Å²) in [7, 11) is 0. The van der Waals surface area contributed by atoms with E-state index in [4.69, 9.17) is 0 Å². The molecule has 4 rings (SSSR count). The van der Waals surface area contributed by atoms with Crippen molar-refractivity contribution in [1.82, 2.24) is 15.1 Å². The predicted octanol–water partition coefficient (Wildman–Crippen LogP) is 2.43. The van der Waals surface area contributed by atoms with Crippen molar-refractivity contribution in [3.05, 3.63) is 71.3 Å². The number of amides is 4. The Morgan fingerprint density at radius 2 is 1.71 bits per heavy atom. The Labute approximate surface area is 164 Å². The van der Waals surface area contributed by atoms with Gasteiger partial charge < -0.3 is 10.2 Å². The second kappa shape index (κ2) is 7.11. The third kappa shape index (κ3) is 2.95. The minimum absolute atomic E-state index is 0.210. The molecule has 0 saturated carbocycles. The van der Waals surface area contributed by atoms with Gasteiger partial charge in [-0.3, -0.25) is 14.5 Å². The van der Waals surface area contributed by atoms with Gasteiger partial charge >= 0.3 is 6.03 Å². The molecule has 1 N–H and O–H groups in total. The zero-order valence-electron chi connectivity index (χ0n) is 15.9. The van der Waals surface area contributed by atoms with Crippen molar-refractivity contribution in [2.45, 2.75) is 31.8 Å². The fraction of sp³-hybridized carbons (Fsp3) is 0.318. The molecule has 0 spiro atoms. The summed E-state index contributed by atoms with van der Waals surface area (Å²) < 4.78 is 0. The summed E-state index contributed by atoms with van der Waals surface area (Å²) in [6, 6.07) is 16.7. The molecule has 0 bridgehead atoms. The van der Waals surface area contributed by atoms with Crippen LogP contribution in [0.1, 0.15) is 30.0 Å². The summed E-state index contributed by atoms with van der Waals surface area (Å²) in [5, 5.41) is 2.82. The van der Waals surface area contributed by atoms with Gasteiger partial charge in [0.1, 0.15) is 12.1 Å². The van der Waals surface area contributed by atoms with Gasteiger partial charge in [0, 0.05) is 13.1 Å². The van der Waals surface area contributed by atoms with Gasteiger partial charge in [-0.1, -0.05) is 61.5 Å². The average molecular weight is 377 g/mol. The Bertz CT molecular complexity index is 928. The van der Waals surface area contributed by atoms with E-state index >= 15 is 0 Å². The van der Waals surface area contributed by atoms with Gasteiger partial charge in [0.2, 0.25) is 5.91 Å². The summed E-state index contributed by atoms with van der Waals surface area (Å²) in [4.78, 5) is 41.3. The molecule has 0 aromatic heterocycles. The van der Waals surface area contributed by atoms with Crippen LogP contribution < -0.4 is 5.32 Å². The summed E-state index contributed by atoms with van der Waals surface area (Å²) >= 11 is 0. The van der Waals surface area contributed by atoms with E-state index < -0.39 is 11.6 Å². The van der Waals surface area contributed by atoms with E-state index in [1.807, 2.05) is 55.5 Å². The SMILES string of the molecule is CCC1(c2ccccc2)NC(=O)N(CC(=O)N2CCc3ccccc3C2)C1=O. The van der Waals surface area contributed by atoms with Crippen molar-refractivity contribution in [2.24, 2.45) is 0 Å². The number of benzene rings is 2. The monoisotopic (exact) mass is 377 g/mol. The van der Waals surface area contributed by atoms with E-state index in [0.717, 1.165) is 22.4 Å². The first-order valence-corrected chi connectivity index (χ1v) is 9.59. The largest absolute Gasteiger partial charge is 0.336 e. The molecule has 0 aliphatic carbocycles. The Kier molecular flexibility index (Phi) is 4.63. The second-order valence-corrected chi connectivity index (χ2v) is 7.28. The van der Waals surface area contributed by atoms with Crippen LogP contribution >= 0.6 is 0 Å². The van der Waals surface area contributed by atoms with E-state index in [9.17, 15) is 14.4 Å². The van der Waals surface area contributed by atoms with Crippen molar-refractivity contribution in [3.63, 3.8) is 0 Å². The van der Waals surface area contributed by atoms with E-state index in [0.29, 0.717) is 19.5 Å². The topological polar surface area (TPSA) is 69.7 Å². The van der Waals surface area contributed by atoms with Gasteiger partial charge in [-0.15, -0.1) is 0 Å². The fourth-order valence-electron chi connectivity index (χ4n) is 4.08. The average Bonchev–Trinajstić information content (AvgIpc) is 2.99. The molecule has 2 aliphatic heterocycles. The lowest BCUT2D eigenvalue weighted by atomic mass is 9.87. The molecule has 2 aromatic carbocycles. The Morgan fingerprint density at radius 1 is 1.04 bits per heavy atom. The Hall–Kier alpha value is -3.15. The van der Waals surface area contributed by atoms with Crippen molar-refractivity contribution in [1.29, 1.82) is 0 Å². The molecule has 4 amide bonds. The Balaban J connectivity index is 1.52. The quantitative estimate of drug-likeness (QED) is 0.832. The number of fused-ring (bicyclic) bond motifs is 1. The maximum Gasteiger partial charge on any atom is 0.325 e. The van der Waals surface area contributed by atoms with Crippen LogP contribution in [0.4, 0.5) is 4.79 Å². The number of carbonyl (C=O) groups excluding carboxylic acids is 3. The number of hydrogen-bond acceptors (Lipinski definition) is 3. The van der Waals surface area contributed by atoms with Crippen LogP contribution in [0.5, 0.6) is 0 Å². The van der Waals surface area contributed by atoms with E-state index in [1.165, 1.54) is 5.56 Å². The molecule has 1 fully saturated rings. The van der Waals surface area contributed by atoms with E-state index in [-0.39, 0.29) is 18.4 Å². The summed E-state index contributed by atoms with van der Waals surface area (Å²) in [5.41, 5.74) is 1.99. The molecular weight excluding hydrogens is 354 g/mol. The lowest BCUT2D eigenvalue weighted by molar-refractivity contribution is -0.139. The number of hydrogen-bond donors (Lipinski definition) is 1. The van der Waals surface area contributed by atoms with Gasteiger partial charge in [-0.2, -0.15) is 0 Å². The molecule has 144 valence electrons. The van der Waals surface area contributed by atoms with Gasteiger partial charge in [0.25, 0.3) is 5.91 Å². The number of nitrogens with one attached hydrogen (secondary N) is 1. The highest BCUT2D eigenvalue weighted by atomic mass is 16.2. The van der Waals surface area contributed by atoms with Crippen molar-refractivity contribution in [3.8, 4) is 0 Å². The smallest absolute Gasteiger partial charge is 0.325 e. The van der Waals surface area contributed by atoms with Crippen LogP contribution in [0.25, 0.3) is 0 Å². The molecular formula is C22H23N3O3. The predicted molar refractivity (Wildman–Crippen MR) is 104 cm³/mol. The molecule has 28 heavy (non-hydrogen) atoms. The molecule has 2 aromatic rings. The van der Waals surface area contributed by atoms with Crippen LogP contribution in [0, 0.1) is 0 Å². The molecule has 6 nitrogen and oxygen atoms in total. The van der Waals surface area contributed by atoms with Crippen molar-refractivity contribution >= 4 is 17.8 Å². The minimum Gasteiger partial charge on any atom is -0.336 e. The van der Waals surface area contributed by atoms with E-state index in [2.05, 4.69) is 11.4 Å². The van der Waals surface area contributed by atoms with Gasteiger partial charge in [0.05, 0.1) is 0 Å². The highest BCUT2D eigenvalue weighted by Gasteiger charge is 2.51. The number of imide groups is 1. The van der Waals surface area contributed by atoms with Crippen LogP contribution in [-0.4, -0.2) is 40.7 Å². The first-order valence-electron chi connectivity index (χ1n) is 9.59. The molecule has 2 aliphatic rings. The van der Waals surface area contributed by atoms with Crippen LogP contribution in [0.2, 0.25) is 0 Å². The highest BCUT2D eigenvalue weighted by molar-refractivity contribution is 6.09. The van der Waals surface area contributed by atoms with Crippen LogP contribution in [0.3, 0.4) is 0 Å². The van der Waals surface area contributed by atoms with Crippen molar-refractivity contribution < 1.29 is 14.4 Å². The van der Waals surface area contributed by atoms with E-state index in [1.54, 1.807) is 4.90 Å². The third-order valence-electron chi connectivity index (χ3n) is 5.75. The molecule has 6 heteroatoms. The molecule has 1 atom stereocenters. The number of rotatable bonds is 4.